The van der Waals surface area contributed by atoms with E-state index in [1.807, 2.05) is 12.1 Å². The second kappa shape index (κ2) is 6.05. The van der Waals surface area contributed by atoms with Crippen LogP contribution in [-0.4, -0.2) is 31.1 Å². The third-order valence-corrected chi connectivity index (χ3v) is 4.44. The van der Waals surface area contributed by atoms with Crippen LogP contribution in [0, 0.1) is 5.92 Å². The first kappa shape index (κ1) is 13.9. The summed E-state index contributed by atoms with van der Waals surface area (Å²) < 4.78 is 0. The molecule has 0 bridgehead atoms. The highest BCUT2D eigenvalue weighted by molar-refractivity contribution is 6.30. The maximum Gasteiger partial charge on any atom is 0.0406 e. The standard InChI is InChI=1S/C15H23ClN2/c1-11-8-9-17-15(11)10-18(3)12(2)13-4-6-14(16)7-5-13/h4-7,11-12,15,17H,8-10H2,1-3H3. The fourth-order valence-electron chi connectivity index (χ4n) is 2.61. The average Bonchev–Trinajstić information content (AvgIpc) is 2.75. The summed E-state index contributed by atoms with van der Waals surface area (Å²) in [5.74, 6) is 0.782. The SMILES string of the molecule is CC1CCNC1CN(C)C(C)c1ccc(Cl)cc1. The highest BCUT2D eigenvalue weighted by atomic mass is 35.5. The fourth-order valence-corrected chi connectivity index (χ4v) is 2.73. The molecule has 1 aliphatic heterocycles. The van der Waals surface area contributed by atoms with Gasteiger partial charge in [-0.3, -0.25) is 4.90 Å². The normalized spacial score (nSPS) is 25.6. The van der Waals surface area contributed by atoms with Crippen molar-refractivity contribution in [1.82, 2.24) is 10.2 Å². The maximum absolute atomic E-state index is 5.93. The fraction of sp³-hybridized carbons (Fsp3) is 0.600. The minimum atomic E-state index is 0.428. The van der Waals surface area contributed by atoms with Gasteiger partial charge in [0.15, 0.2) is 0 Å². The summed E-state index contributed by atoms with van der Waals surface area (Å²) in [7, 11) is 2.20. The Hall–Kier alpha value is -0.570. The Morgan fingerprint density at radius 1 is 1.39 bits per heavy atom. The molecule has 1 N–H and O–H groups in total. The minimum Gasteiger partial charge on any atom is -0.312 e. The van der Waals surface area contributed by atoms with E-state index in [1.165, 1.54) is 12.0 Å². The molecular weight excluding hydrogens is 244 g/mol. The first-order valence-corrected chi connectivity index (χ1v) is 7.15. The van der Waals surface area contributed by atoms with Crippen molar-refractivity contribution in [3.8, 4) is 0 Å². The van der Waals surface area contributed by atoms with Gasteiger partial charge in [0.2, 0.25) is 0 Å². The van der Waals surface area contributed by atoms with E-state index in [9.17, 15) is 0 Å². The summed E-state index contributed by atoms with van der Waals surface area (Å²) in [6.45, 7) is 6.86. The van der Waals surface area contributed by atoms with Crippen LogP contribution in [0.5, 0.6) is 0 Å². The zero-order chi connectivity index (χ0) is 13.1. The van der Waals surface area contributed by atoms with Gasteiger partial charge in [-0.2, -0.15) is 0 Å². The van der Waals surface area contributed by atoms with E-state index in [0.29, 0.717) is 12.1 Å². The van der Waals surface area contributed by atoms with E-state index >= 15 is 0 Å². The van der Waals surface area contributed by atoms with Gasteiger partial charge in [-0.1, -0.05) is 30.7 Å². The lowest BCUT2D eigenvalue weighted by Gasteiger charge is -2.29. The molecule has 1 aromatic rings. The predicted molar refractivity (Wildman–Crippen MR) is 78.1 cm³/mol. The van der Waals surface area contributed by atoms with E-state index in [0.717, 1.165) is 24.0 Å². The van der Waals surface area contributed by atoms with E-state index in [2.05, 4.69) is 43.2 Å². The Morgan fingerprint density at radius 2 is 2.06 bits per heavy atom. The second-order valence-corrected chi connectivity index (χ2v) is 5.93. The Labute approximate surface area is 115 Å². The Morgan fingerprint density at radius 3 is 2.61 bits per heavy atom. The van der Waals surface area contributed by atoms with Crippen molar-refractivity contribution in [2.75, 3.05) is 20.1 Å². The van der Waals surface area contributed by atoms with Crippen LogP contribution >= 0.6 is 11.6 Å². The van der Waals surface area contributed by atoms with Crippen LogP contribution in [0.1, 0.15) is 31.9 Å². The largest absolute Gasteiger partial charge is 0.312 e. The number of hydrogen-bond donors (Lipinski definition) is 1. The predicted octanol–water partition coefficient (Wildman–Crippen LogP) is 3.33. The summed E-state index contributed by atoms with van der Waals surface area (Å²) in [6.07, 6.45) is 1.30. The van der Waals surface area contributed by atoms with Crippen molar-refractivity contribution in [3.63, 3.8) is 0 Å². The van der Waals surface area contributed by atoms with E-state index in [4.69, 9.17) is 11.6 Å². The van der Waals surface area contributed by atoms with E-state index < -0.39 is 0 Å². The van der Waals surface area contributed by atoms with Gasteiger partial charge in [-0.05, 0) is 50.6 Å². The van der Waals surface area contributed by atoms with Gasteiger partial charge in [0, 0.05) is 23.7 Å². The van der Waals surface area contributed by atoms with Gasteiger partial charge in [0.1, 0.15) is 0 Å². The van der Waals surface area contributed by atoms with Crippen LogP contribution in [0.4, 0.5) is 0 Å². The van der Waals surface area contributed by atoms with Crippen LogP contribution in [-0.2, 0) is 0 Å². The summed E-state index contributed by atoms with van der Waals surface area (Å²) in [5, 5.41) is 4.40. The molecule has 1 fully saturated rings. The lowest BCUT2D eigenvalue weighted by Crippen LogP contribution is -2.39. The number of nitrogens with zero attached hydrogens (tertiary/aromatic N) is 1. The van der Waals surface area contributed by atoms with Gasteiger partial charge in [0.25, 0.3) is 0 Å². The molecule has 1 saturated heterocycles. The highest BCUT2D eigenvalue weighted by Gasteiger charge is 2.25. The molecule has 0 aromatic heterocycles. The second-order valence-electron chi connectivity index (χ2n) is 5.49. The van der Waals surface area contributed by atoms with Crippen molar-refractivity contribution in [1.29, 1.82) is 0 Å². The summed E-state index contributed by atoms with van der Waals surface area (Å²) in [4.78, 5) is 2.42. The Balaban J connectivity index is 1.95. The van der Waals surface area contributed by atoms with Gasteiger partial charge >= 0.3 is 0 Å². The molecule has 1 aromatic carbocycles. The molecule has 0 amide bonds. The van der Waals surface area contributed by atoms with Gasteiger partial charge in [0.05, 0.1) is 0 Å². The molecule has 3 atom stereocenters. The van der Waals surface area contributed by atoms with Gasteiger partial charge in [-0.25, -0.2) is 0 Å². The molecule has 0 aliphatic carbocycles. The van der Waals surface area contributed by atoms with Crippen LogP contribution in [0.2, 0.25) is 5.02 Å². The lowest BCUT2D eigenvalue weighted by molar-refractivity contribution is 0.223. The van der Waals surface area contributed by atoms with E-state index in [-0.39, 0.29) is 0 Å². The van der Waals surface area contributed by atoms with Gasteiger partial charge in [-0.15, -0.1) is 0 Å². The Kier molecular flexibility index (Phi) is 4.66. The van der Waals surface area contributed by atoms with Crippen molar-refractivity contribution >= 4 is 11.6 Å². The zero-order valence-electron chi connectivity index (χ0n) is 11.5. The van der Waals surface area contributed by atoms with Crippen molar-refractivity contribution in [2.24, 2.45) is 5.92 Å². The lowest BCUT2D eigenvalue weighted by atomic mass is 10.0. The molecule has 0 radical (unpaired) electrons. The topological polar surface area (TPSA) is 15.3 Å². The number of hydrogen-bond acceptors (Lipinski definition) is 2. The van der Waals surface area contributed by atoms with Crippen LogP contribution in [0.3, 0.4) is 0 Å². The van der Waals surface area contributed by atoms with Crippen LogP contribution < -0.4 is 5.32 Å². The quantitative estimate of drug-likeness (QED) is 0.899. The van der Waals surface area contributed by atoms with Gasteiger partial charge < -0.3 is 5.32 Å². The zero-order valence-corrected chi connectivity index (χ0v) is 12.2. The van der Waals surface area contributed by atoms with Crippen molar-refractivity contribution in [3.05, 3.63) is 34.9 Å². The third-order valence-electron chi connectivity index (χ3n) is 4.19. The number of nitrogens with one attached hydrogen (secondary N) is 1. The van der Waals surface area contributed by atoms with Crippen molar-refractivity contribution < 1.29 is 0 Å². The number of likely N-dealkylation sites (N-methyl/N-ethyl adjacent to an activating group) is 1. The number of rotatable bonds is 4. The first-order chi connectivity index (χ1) is 8.58. The maximum atomic E-state index is 5.93. The summed E-state index contributed by atoms with van der Waals surface area (Å²) in [6, 6.07) is 9.24. The molecule has 1 heterocycles. The Bertz CT molecular complexity index is 377. The molecule has 3 heteroatoms. The molecule has 0 saturated carbocycles. The first-order valence-electron chi connectivity index (χ1n) is 6.77. The molecule has 2 nitrogen and oxygen atoms in total. The molecular formula is C15H23ClN2. The third kappa shape index (κ3) is 3.25. The molecule has 3 unspecified atom stereocenters. The molecule has 1 aliphatic rings. The minimum absolute atomic E-state index is 0.428. The monoisotopic (exact) mass is 266 g/mol. The molecule has 2 rings (SSSR count). The summed E-state index contributed by atoms with van der Waals surface area (Å²) in [5.41, 5.74) is 1.33. The molecule has 0 spiro atoms. The molecule has 100 valence electrons. The molecule has 18 heavy (non-hydrogen) atoms. The average molecular weight is 267 g/mol. The smallest absolute Gasteiger partial charge is 0.0406 e. The number of halogens is 1. The van der Waals surface area contributed by atoms with Crippen LogP contribution in [0.15, 0.2) is 24.3 Å². The van der Waals surface area contributed by atoms with Crippen molar-refractivity contribution in [2.45, 2.75) is 32.4 Å². The highest BCUT2D eigenvalue weighted by Crippen LogP contribution is 2.23. The van der Waals surface area contributed by atoms with E-state index in [1.54, 1.807) is 0 Å². The number of benzene rings is 1. The summed E-state index contributed by atoms with van der Waals surface area (Å²) >= 11 is 5.93. The van der Waals surface area contributed by atoms with Crippen LogP contribution in [0.25, 0.3) is 0 Å².